The lowest BCUT2D eigenvalue weighted by Gasteiger charge is -2.29. The van der Waals surface area contributed by atoms with E-state index in [0.717, 1.165) is 16.6 Å². The van der Waals surface area contributed by atoms with E-state index in [9.17, 15) is 9.59 Å². The lowest BCUT2D eigenvalue weighted by molar-refractivity contribution is -0.126. The molecule has 2 heterocycles. The minimum Gasteiger partial charge on any atom is -0.273 e. The summed E-state index contributed by atoms with van der Waals surface area (Å²) in [6, 6.07) is 16.7. The average Bonchev–Trinajstić information content (AvgIpc) is 3.13. The molecule has 0 unspecified atom stereocenters. The van der Waals surface area contributed by atoms with E-state index in [4.69, 9.17) is 4.84 Å². The number of carbonyl (C=O) groups excluding carboxylic acids is 2. The Kier molecular flexibility index (Phi) is 4.78. The highest BCUT2D eigenvalue weighted by Gasteiger charge is 2.59. The SMILES string of the molecule is CC(C)C[C@@H]1[C@H]2C(=O)N(c3ccc(Br)cc3)C(=O)[C@H]2ON1c1ccccc1. The molecule has 0 aromatic heterocycles. The molecule has 2 aromatic rings. The van der Waals surface area contributed by atoms with Crippen LogP contribution in [0.1, 0.15) is 20.3 Å². The number of carbonyl (C=O) groups is 2. The van der Waals surface area contributed by atoms with Crippen molar-refractivity contribution in [2.75, 3.05) is 9.96 Å². The number of fused-ring (bicyclic) bond motifs is 1. The van der Waals surface area contributed by atoms with Crippen molar-refractivity contribution in [2.24, 2.45) is 11.8 Å². The molecule has 0 bridgehead atoms. The van der Waals surface area contributed by atoms with Gasteiger partial charge in [-0.2, -0.15) is 0 Å². The third kappa shape index (κ3) is 3.17. The molecule has 6 heteroatoms. The third-order valence-electron chi connectivity index (χ3n) is 5.05. The van der Waals surface area contributed by atoms with Gasteiger partial charge in [0.1, 0.15) is 0 Å². The fourth-order valence-electron chi connectivity index (χ4n) is 3.89. The molecular formula is C21H21BrN2O3. The molecule has 5 nitrogen and oxygen atoms in total. The Morgan fingerprint density at radius 1 is 0.963 bits per heavy atom. The molecule has 2 aliphatic heterocycles. The second kappa shape index (κ2) is 7.09. The van der Waals surface area contributed by atoms with Gasteiger partial charge in [-0.25, -0.2) is 9.96 Å². The maximum atomic E-state index is 13.2. The Balaban J connectivity index is 1.69. The van der Waals surface area contributed by atoms with Gasteiger partial charge in [-0.05, 0) is 48.7 Å². The van der Waals surface area contributed by atoms with Gasteiger partial charge in [0.15, 0.2) is 6.10 Å². The molecule has 0 aliphatic carbocycles. The topological polar surface area (TPSA) is 49.9 Å². The van der Waals surface area contributed by atoms with Crippen molar-refractivity contribution in [3.05, 3.63) is 59.1 Å². The molecule has 140 valence electrons. The fourth-order valence-corrected chi connectivity index (χ4v) is 4.15. The van der Waals surface area contributed by atoms with Crippen LogP contribution in [0.15, 0.2) is 59.1 Å². The van der Waals surface area contributed by atoms with E-state index in [1.807, 2.05) is 42.5 Å². The van der Waals surface area contributed by atoms with E-state index in [2.05, 4.69) is 29.8 Å². The zero-order valence-corrected chi connectivity index (χ0v) is 16.8. The molecular weight excluding hydrogens is 408 g/mol. The van der Waals surface area contributed by atoms with Gasteiger partial charge in [0.2, 0.25) is 5.91 Å². The number of imide groups is 1. The van der Waals surface area contributed by atoms with E-state index >= 15 is 0 Å². The second-order valence-electron chi connectivity index (χ2n) is 7.40. The highest BCUT2D eigenvalue weighted by atomic mass is 79.9. The highest BCUT2D eigenvalue weighted by Crippen LogP contribution is 2.42. The van der Waals surface area contributed by atoms with Crippen LogP contribution in [-0.2, 0) is 14.4 Å². The minimum absolute atomic E-state index is 0.172. The lowest BCUT2D eigenvalue weighted by Crippen LogP contribution is -2.41. The minimum atomic E-state index is -0.773. The summed E-state index contributed by atoms with van der Waals surface area (Å²) in [7, 11) is 0. The first-order valence-electron chi connectivity index (χ1n) is 9.12. The number of anilines is 2. The van der Waals surface area contributed by atoms with Crippen LogP contribution in [0.2, 0.25) is 0 Å². The number of nitrogens with zero attached hydrogens (tertiary/aromatic N) is 2. The summed E-state index contributed by atoms with van der Waals surface area (Å²) in [5.74, 6) is -0.604. The first kappa shape index (κ1) is 18.2. The summed E-state index contributed by atoms with van der Waals surface area (Å²) in [5.41, 5.74) is 1.45. The van der Waals surface area contributed by atoms with E-state index in [1.165, 1.54) is 4.90 Å². The predicted molar refractivity (Wildman–Crippen MR) is 107 cm³/mol. The standard InChI is InChI=1S/C21H21BrN2O3/c1-13(2)12-17-18-19(27-24(17)16-6-4-3-5-7-16)21(26)23(20(18)25)15-10-8-14(22)9-11-15/h3-11,13,17-19H,12H2,1-2H3/t17-,18-,19+/m1/s1. The Morgan fingerprint density at radius 3 is 2.26 bits per heavy atom. The summed E-state index contributed by atoms with van der Waals surface area (Å²) in [4.78, 5) is 33.6. The summed E-state index contributed by atoms with van der Waals surface area (Å²) >= 11 is 3.38. The Bertz CT molecular complexity index is 853. The number of amides is 2. The number of hydrogen-bond donors (Lipinski definition) is 0. The van der Waals surface area contributed by atoms with Crippen molar-refractivity contribution in [3.63, 3.8) is 0 Å². The van der Waals surface area contributed by atoms with Crippen LogP contribution in [0.25, 0.3) is 0 Å². The number of benzene rings is 2. The molecule has 2 fully saturated rings. The highest BCUT2D eigenvalue weighted by molar-refractivity contribution is 9.10. The van der Waals surface area contributed by atoms with Crippen molar-refractivity contribution in [3.8, 4) is 0 Å². The zero-order valence-electron chi connectivity index (χ0n) is 15.2. The lowest BCUT2D eigenvalue weighted by atomic mass is 9.90. The molecule has 4 rings (SSSR count). The van der Waals surface area contributed by atoms with Crippen LogP contribution in [0.5, 0.6) is 0 Å². The van der Waals surface area contributed by atoms with Gasteiger partial charge in [0.25, 0.3) is 5.91 Å². The van der Waals surface area contributed by atoms with Crippen LogP contribution < -0.4 is 9.96 Å². The van der Waals surface area contributed by atoms with Gasteiger partial charge in [0, 0.05) is 4.47 Å². The van der Waals surface area contributed by atoms with Gasteiger partial charge in [0.05, 0.1) is 23.3 Å². The molecule has 27 heavy (non-hydrogen) atoms. The molecule has 2 aromatic carbocycles. The first-order chi connectivity index (χ1) is 13.0. The monoisotopic (exact) mass is 428 g/mol. The number of hydroxylamine groups is 1. The smallest absolute Gasteiger partial charge is 0.266 e. The molecule has 0 spiro atoms. The first-order valence-corrected chi connectivity index (χ1v) is 9.91. The number of hydrogen-bond acceptors (Lipinski definition) is 4. The Morgan fingerprint density at radius 2 is 1.63 bits per heavy atom. The fraction of sp³-hybridized carbons (Fsp3) is 0.333. The van der Waals surface area contributed by atoms with Gasteiger partial charge in [-0.1, -0.05) is 48.0 Å². The Hall–Kier alpha value is -2.18. The quantitative estimate of drug-likeness (QED) is 0.685. The maximum absolute atomic E-state index is 13.2. The van der Waals surface area contributed by atoms with E-state index in [0.29, 0.717) is 11.6 Å². The van der Waals surface area contributed by atoms with Crippen LogP contribution >= 0.6 is 15.9 Å². The molecule has 2 amide bonds. The van der Waals surface area contributed by atoms with E-state index < -0.39 is 12.0 Å². The van der Waals surface area contributed by atoms with Crippen molar-refractivity contribution in [1.82, 2.24) is 0 Å². The predicted octanol–water partition coefficient (Wildman–Crippen LogP) is 4.17. The van der Waals surface area contributed by atoms with Crippen molar-refractivity contribution < 1.29 is 14.4 Å². The van der Waals surface area contributed by atoms with Gasteiger partial charge < -0.3 is 0 Å². The van der Waals surface area contributed by atoms with Crippen LogP contribution in [0, 0.1) is 11.8 Å². The van der Waals surface area contributed by atoms with Crippen LogP contribution in [-0.4, -0.2) is 24.0 Å². The third-order valence-corrected chi connectivity index (χ3v) is 5.58. The van der Waals surface area contributed by atoms with Gasteiger partial charge in [-0.15, -0.1) is 0 Å². The Labute approximate surface area is 167 Å². The maximum Gasteiger partial charge on any atom is 0.266 e. The van der Waals surface area contributed by atoms with E-state index in [1.54, 1.807) is 17.2 Å². The molecule has 0 saturated carbocycles. The van der Waals surface area contributed by atoms with Crippen molar-refractivity contribution in [2.45, 2.75) is 32.4 Å². The summed E-state index contributed by atoms with van der Waals surface area (Å²) in [5, 5.41) is 1.77. The van der Waals surface area contributed by atoms with Gasteiger partial charge in [-0.3, -0.25) is 14.4 Å². The van der Waals surface area contributed by atoms with Crippen molar-refractivity contribution >= 4 is 39.1 Å². The normalized spacial score (nSPS) is 24.8. The number of halogens is 1. The number of para-hydroxylation sites is 1. The molecule has 2 saturated heterocycles. The van der Waals surface area contributed by atoms with Crippen LogP contribution in [0.4, 0.5) is 11.4 Å². The summed E-state index contributed by atoms with van der Waals surface area (Å²) in [6.45, 7) is 4.23. The zero-order chi connectivity index (χ0) is 19.1. The number of rotatable bonds is 4. The molecule has 0 radical (unpaired) electrons. The second-order valence-corrected chi connectivity index (χ2v) is 8.31. The van der Waals surface area contributed by atoms with Crippen LogP contribution in [0.3, 0.4) is 0 Å². The molecule has 2 aliphatic rings. The summed E-state index contributed by atoms with van der Waals surface area (Å²) < 4.78 is 0.898. The van der Waals surface area contributed by atoms with E-state index in [-0.39, 0.29) is 17.9 Å². The van der Waals surface area contributed by atoms with Crippen molar-refractivity contribution in [1.29, 1.82) is 0 Å². The molecule has 3 atom stereocenters. The molecule has 0 N–H and O–H groups in total. The summed E-state index contributed by atoms with van der Waals surface area (Å²) in [6.07, 6.45) is -0.00593. The largest absolute Gasteiger partial charge is 0.273 e. The van der Waals surface area contributed by atoms with Gasteiger partial charge >= 0.3 is 0 Å². The average molecular weight is 429 g/mol.